The molecule has 0 amide bonds. The third-order valence-corrected chi connectivity index (χ3v) is 3.83. The van der Waals surface area contributed by atoms with Gasteiger partial charge in [0.15, 0.2) is 0 Å². The Morgan fingerprint density at radius 3 is 2.65 bits per heavy atom. The Morgan fingerprint density at radius 2 is 2.00 bits per heavy atom. The summed E-state index contributed by atoms with van der Waals surface area (Å²) in [7, 11) is 4.25. The Kier molecular flexibility index (Phi) is 5.15. The van der Waals surface area contributed by atoms with Crippen LogP contribution in [0.4, 0.5) is 0 Å². The fraction of sp³-hybridized carbons (Fsp3) is 0.562. The van der Waals surface area contributed by atoms with Crippen LogP contribution in [0.3, 0.4) is 0 Å². The van der Waals surface area contributed by atoms with E-state index >= 15 is 0 Å². The van der Waals surface area contributed by atoms with Crippen LogP contribution in [0.2, 0.25) is 0 Å². The standard InChI is InChI=1S/C16H26N4/c1-4-14(19(2)3)16-18-13-9-5-6-10-15(13)20(16)12-8-7-11-17/h5-6,9-10,14H,4,7-8,11-12,17H2,1-3H3. The summed E-state index contributed by atoms with van der Waals surface area (Å²) in [4.78, 5) is 7.12. The van der Waals surface area contributed by atoms with E-state index in [1.807, 2.05) is 0 Å². The van der Waals surface area contributed by atoms with E-state index in [2.05, 4.69) is 54.8 Å². The highest BCUT2D eigenvalue weighted by molar-refractivity contribution is 5.76. The zero-order chi connectivity index (χ0) is 14.5. The van der Waals surface area contributed by atoms with Crippen molar-refractivity contribution in [2.24, 2.45) is 5.73 Å². The minimum atomic E-state index is 0.361. The highest BCUT2D eigenvalue weighted by atomic mass is 15.2. The molecular weight excluding hydrogens is 248 g/mol. The minimum Gasteiger partial charge on any atom is -0.330 e. The van der Waals surface area contributed by atoms with Crippen molar-refractivity contribution < 1.29 is 0 Å². The third-order valence-electron chi connectivity index (χ3n) is 3.83. The molecule has 20 heavy (non-hydrogen) atoms. The normalized spacial score (nSPS) is 13.2. The summed E-state index contributed by atoms with van der Waals surface area (Å²) in [5.41, 5.74) is 7.95. The lowest BCUT2D eigenvalue weighted by molar-refractivity contribution is 0.273. The van der Waals surface area contributed by atoms with Crippen LogP contribution in [0.25, 0.3) is 11.0 Å². The van der Waals surface area contributed by atoms with Gasteiger partial charge in [-0.05, 0) is 52.0 Å². The molecule has 4 heteroatoms. The third kappa shape index (κ3) is 3.02. The maximum Gasteiger partial charge on any atom is 0.127 e. The smallest absolute Gasteiger partial charge is 0.127 e. The molecule has 1 aromatic heterocycles. The zero-order valence-electron chi connectivity index (χ0n) is 12.8. The average Bonchev–Trinajstić information content (AvgIpc) is 2.78. The van der Waals surface area contributed by atoms with E-state index in [0.717, 1.165) is 37.9 Å². The molecule has 0 aliphatic rings. The second kappa shape index (κ2) is 6.86. The molecule has 0 saturated carbocycles. The number of aryl methyl sites for hydroxylation is 1. The average molecular weight is 274 g/mol. The minimum absolute atomic E-state index is 0.361. The molecule has 0 radical (unpaired) electrons. The highest BCUT2D eigenvalue weighted by Gasteiger charge is 2.20. The summed E-state index contributed by atoms with van der Waals surface area (Å²) in [5.74, 6) is 1.18. The van der Waals surface area contributed by atoms with Crippen LogP contribution in [-0.2, 0) is 6.54 Å². The number of hydrogen-bond acceptors (Lipinski definition) is 3. The first-order valence-corrected chi connectivity index (χ1v) is 7.50. The van der Waals surface area contributed by atoms with E-state index in [1.54, 1.807) is 0 Å². The molecule has 2 rings (SSSR count). The Morgan fingerprint density at radius 1 is 1.25 bits per heavy atom. The van der Waals surface area contributed by atoms with Gasteiger partial charge < -0.3 is 10.3 Å². The highest BCUT2D eigenvalue weighted by Crippen LogP contribution is 2.26. The number of unbranched alkanes of at least 4 members (excludes halogenated alkanes) is 1. The van der Waals surface area contributed by atoms with Crippen LogP contribution >= 0.6 is 0 Å². The molecular formula is C16H26N4. The lowest BCUT2D eigenvalue weighted by Gasteiger charge is -2.23. The van der Waals surface area contributed by atoms with Gasteiger partial charge in [0.05, 0.1) is 17.1 Å². The van der Waals surface area contributed by atoms with Gasteiger partial charge in [-0.25, -0.2) is 4.98 Å². The summed E-state index contributed by atoms with van der Waals surface area (Å²) in [6.07, 6.45) is 3.23. The zero-order valence-corrected chi connectivity index (χ0v) is 12.8. The monoisotopic (exact) mass is 274 g/mol. The Balaban J connectivity index is 2.42. The van der Waals surface area contributed by atoms with Crippen LogP contribution in [0, 0.1) is 0 Å². The molecule has 1 unspecified atom stereocenters. The van der Waals surface area contributed by atoms with Crippen molar-refractivity contribution in [2.75, 3.05) is 20.6 Å². The lowest BCUT2D eigenvalue weighted by Crippen LogP contribution is -2.23. The van der Waals surface area contributed by atoms with E-state index in [4.69, 9.17) is 10.7 Å². The van der Waals surface area contributed by atoms with E-state index < -0.39 is 0 Å². The van der Waals surface area contributed by atoms with Gasteiger partial charge in [-0.1, -0.05) is 19.1 Å². The topological polar surface area (TPSA) is 47.1 Å². The van der Waals surface area contributed by atoms with Crippen LogP contribution < -0.4 is 5.73 Å². The van der Waals surface area contributed by atoms with Gasteiger partial charge in [0, 0.05) is 6.54 Å². The van der Waals surface area contributed by atoms with E-state index in [0.29, 0.717) is 6.04 Å². The first kappa shape index (κ1) is 15.0. The van der Waals surface area contributed by atoms with Crippen molar-refractivity contribution >= 4 is 11.0 Å². The lowest BCUT2D eigenvalue weighted by atomic mass is 10.2. The molecule has 0 spiro atoms. The van der Waals surface area contributed by atoms with Gasteiger partial charge in [0.2, 0.25) is 0 Å². The van der Waals surface area contributed by atoms with Crippen LogP contribution in [0.5, 0.6) is 0 Å². The molecule has 2 aromatic rings. The number of nitrogens with zero attached hydrogens (tertiary/aromatic N) is 3. The van der Waals surface area contributed by atoms with Crippen molar-refractivity contribution in [2.45, 2.75) is 38.8 Å². The first-order chi connectivity index (χ1) is 9.69. The molecule has 1 heterocycles. The molecule has 0 saturated heterocycles. The fourth-order valence-electron chi connectivity index (χ4n) is 2.78. The second-order valence-corrected chi connectivity index (χ2v) is 5.49. The maximum atomic E-state index is 5.62. The molecule has 1 atom stereocenters. The van der Waals surface area contributed by atoms with Crippen LogP contribution in [-0.4, -0.2) is 35.1 Å². The first-order valence-electron chi connectivity index (χ1n) is 7.50. The summed E-state index contributed by atoms with van der Waals surface area (Å²) in [6, 6.07) is 8.77. The summed E-state index contributed by atoms with van der Waals surface area (Å²) >= 11 is 0. The van der Waals surface area contributed by atoms with E-state index in [9.17, 15) is 0 Å². The number of aromatic nitrogens is 2. The Labute approximate surface area is 121 Å². The molecule has 110 valence electrons. The molecule has 0 aliphatic carbocycles. The van der Waals surface area contributed by atoms with Gasteiger partial charge in [-0.3, -0.25) is 4.90 Å². The largest absolute Gasteiger partial charge is 0.330 e. The number of imidazole rings is 1. The Bertz CT molecular complexity index is 544. The van der Waals surface area contributed by atoms with Gasteiger partial charge in [0.25, 0.3) is 0 Å². The number of hydrogen-bond donors (Lipinski definition) is 1. The maximum absolute atomic E-state index is 5.62. The van der Waals surface area contributed by atoms with Crippen LogP contribution in [0.15, 0.2) is 24.3 Å². The van der Waals surface area contributed by atoms with Gasteiger partial charge >= 0.3 is 0 Å². The van der Waals surface area contributed by atoms with E-state index in [1.165, 1.54) is 11.3 Å². The molecule has 0 bridgehead atoms. The van der Waals surface area contributed by atoms with Crippen molar-refractivity contribution in [3.8, 4) is 0 Å². The molecule has 1 aromatic carbocycles. The number of benzene rings is 1. The SMILES string of the molecule is CCC(c1nc2ccccc2n1CCCCN)N(C)C. The molecule has 2 N–H and O–H groups in total. The van der Waals surface area contributed by atoms with Gasteiger partial charge in [0.1, 0.15) is 5.82 Å². The predicted octanol–water partition coefficient (Wildman–Crippen LogP) is 2.79. The summed E-state index contributed by atoms with van der Waals surface area (Å²) in [6.45, 7) is 3.97. The Hall–Kier alpha value is -1.39. The number of para-hydroxylation sites is 2. The summed E-state index contributed by atoms with van der Waals surface area (Å²) in [5, 5.41) is 0. The van der Waals surface area contributed by atoms with Crippen molar-refractivity contribution in [1.82, 2.24) is 14.5 Å². The number of fused-ring (bicyclic) bond motifs is 1. The number of rotatable bonds is 7. The van der Waals surface area contributed by atoms with Gasteiger partial charge in [-0.2, -0.15) is 0 Å². The summed E-state index contributed by atoms with van der Waals surface area (Å²) < 4.78 is 2.37. The van der Waals surface area contributed by atoms with Gasteiger partial charge in [-0.15, -0.1) is 0 Å². The molecule has 4 nitrogen and oxygen atoms in total. The van der Waals surface area contributed by atoms with Crippen molar-refractivity contribution in [3.05, 3.63) is 30.1 Å². The second-order valence-electron chi connectivity index (χ2n) is 5.49. The predicted molar refractivity (Wildman–Crippen MR) is 84.7 cm³/mol. The fourth-order valence-corrected chi connectivity index (χ4v) is 2.78. The number of nitrogens with two attached hydrogens (primary N) is 1. The van der Waals surface area contributed by atoms with Crippen LogP contribution in [0.1, 0.15) is 38.1 Å². The van der Waals surface area contributed by atoms with Crippen molar-refractivity contribution in [1.29, 1.82) is 0 Å². The van der Waals surface area contributed by atoms with E-state index in [-0.39, 0.29) is 0 Å². The molecule has 0 aliphatic heterocycles. The quantitative estimate of drug-likeness (QED) is 0.790. The van der Waals surface area contributed by atoms with Crippen molar-refractivity contribution in [3.63, 3.8) is 0 Å². The molecule has 0 fully saturated rings.